The summed E-state index contributed by atoms with van der Waals surface area (Å²) in [5.74, 6) is -0.460. The van der Waals surface area contributed by atoms with Gasteiger partial charge in [-0.1, -0.05) is 60.2 Å². The van der Waals surface area contributed by atoms with Crippen LogP contribution in [0.1, 0.15) is 16.7 Å². The third-order valence-electron chi connectivity index (χ3n) is 5.81. The molecule has 1 aliphatic rings. The molecule has 0 saturated carbocycles. The van der Waals surface area contributed by atoms with Crippen LogP contribution in [0, 0.1) is 6.92 Å². The summed E-state index contributed by atoms with van der Waals surface area (Å²) in [5.41, 5.74) is 7.37. The number of hydrogen-bond acceptors (Lipinski definition) is 5. The maximum absolute atomic E-state index is 13.3. The van der Waals surface area contributed by atoms with Crippen molar-refractivity contribution in [2.24, 2.45) is 5.73 Å². The van der Waals surface area contributed by atoms with E-state index < -0.39 is 27.6 Å². The quantitative estimate of drug-likeness (QED) is 0.528. The molecule has 1 fully saturated rings. The fraction of sp³-hybridized carbons (Fsp3) is 0.240. The van der Waals surface area contributed by atoms with Crippen molar-refractivity contribution in [3.63, 3.8) is 0 Å². The van der Waals surface area contributed by atoms with E-state index in [-0.39, 0.29) is 24.4 Å². The van der Waals surface area contributed by atoms with E-state index in [2.05, 4.69) is 0 Å². The Labute approximate surface area is 193 Å². The third-order valence-corrected chi connectivity index (χ3v) is 7.59. The Morgan fingerprint density at radius 3 is 2.36 bits per heavy atom. The van der Waals surface area contributed by atoms with Crippen LogP contribution in [0.15, 0.2) is 83.8 Å². The van der Waals surface area contributed by atoms with Crippen LogP contribution >= 0.6 is 0 Å². The minimum atomic E-state index is -3.79. The summed E-state index contributed by atoms with van der Waals surface area (Å²) in [6.45, 7) is 2.31. The Hall–Kier alpha value is -3.20. The first-order chi connectivity index (χ1) is 15.7. The summed E-state index contributed by atoms with van der Waals surface area (Å²) in [7, 11) is -3.79. The molecule has 172 valence electrons. The summed E-state index contributed by atoms with van der Waals surface area (Å²) in [6.07, 6.45) is 0.0448. The minimum absolute atomic E-state index is 0.0448. The summed E-state index contributed by atoms with van der Waals surface area (Å²) in [5, 5.41) is 9.04. The van der Waals surface area contributed by atoms with Crippen molar-refractivity contribution in [2.75, 3.05) is 13.1 Å². The molecule has 0 bridgehead atoms. The highest BCUT2D eigenvalue weighted by Crippen LogP contribution is 2.40. The number of carboxylic acid groups (broad SMARTS) is 1. The topological polar surface area (TPSA) is 110 Å². The zero-order valence-corrected chi connectivity index (χ0v) is 19.0. The number of nitrogens with two attached hydrogens (primary N) is 1. The van der Waals surface area contributed by atoms with E-state index in [1.54, 1.807) is 12.1 Å². The zero-order valence-electron chi connectivity index (χ0n) is 18.2. The van der Waals surface area contributed by atoms with Crippen molar-refractivity contribution in [3.05, 3.63) is 95.6 Å². The SMILES string of the molecule is Cc1ccc(OC2(c3ccccc3)CN(S(=O)(=O)c3cccc(C[C@H](N)C(=O)O)c3)C2)cc1. The Morgan fingerprint density at radius 1 is 1.06 bits per heavy atom. The van der Waals surface area contributed by atoms with Crippen LogP contribution < -0.4 is 10.5 Å². The van der Waals surface area contributed by atoms with E-state index >= 15 is 0 Å². The third kappa shape index (κ3) is 4.78. The summed E-state index contributed by atoms with van der Waals surface area (Å²) >= 11 is 0. The van der Waals surface area contributed by atoms with Gasteiger partial charge in [0, 0.05) is 0 Å². The molecule has 7 nitrogen and oxygen atoms in total. The van der Waals surface area contributed by atoms with Crippen LogP contribution in [0.5, 0.6) is 5.75 Å². The van der Waals surface area contributed by atoms with Gasteiger partial charge >= 0.3 is 5.97 Å². The molecule has 0 spiro atoms. The smallest absolute Gasteiger partial charge is 0.320 e. The van der Waals surface area contributed by atoms with Crippen molar-refractivity contribution in [2.45, 2.75) is 29.9 Å². The van der Waals surface area contributed by atoms with Crippen molar-refractivity contribution in [3.8, 4) is 5.75 Å². The molecule has 8 heteroatoms. The van der Waals surface area contributed by atoms with E-state index in [0.29, 0.717) is 11.3 Å². The van der Waals surface area contributed by atoms with Crippen LogP contribution in [0.4, 0.5) is 0 Å². The minimum Gasteiger partial charge on any atom is -0.480 e. The van der Waals surface area contributed by atoms with Gasteiger partial charge in [-0.3, -0.25) is 4.79 Å². The lowest BCUT2D eigenvalue weighted by molar-refractivity contribution is -0.138. The highest BCUT2D eigenvalue weighted by Gasteiger charge is 2.52. The molecule has 1 saturated heterocycles. The van der Waals surface area contributed by atoms with Crippen LogP contribution in [-0.2, 0) is 26.8 Å². The van der Waals surface area contributed by atoms with E-state index in [9.17, 15) is 13.2 Å². The van der Waals surface area contributed by atoms with E-state index in [1.165, 1.54) is 16.4 Å². The lowest BCUT2D eigenvalue weighted by atomic mass is 9.87. The lowest BCUT2D eigenvalue weighted by Crippen LogP contribution is -2.64. The first-order valence-corrected chi connectivity index (χ1v) is 12.0. The van der Waals surface area contributed by atoms with E-state index in [1.807, 2.05) is 61.5 Å². The van der Waals surface area contributed by atoms with Gasteiger partial charge in [0.2, 0.25) is 10.0 Å². The summed E-state index contributed by atoms with van der Waals surface area (Å²) in [4.78, 5) is 11.2. The molecule has 1 heterocycles. The Balaban J connectivity index is 1.58. The van der Waals surface area contributed by atoms with E-state index in [4.69, 9.17) is 15.6 Å². The first-order valence-electron chi connectivity index (χ1n) is 10.6. The maximum atomic E-state index is 13.3. The number of rotatable bonds is 8. The fourth-order valence-electron chi connectivity index (χ4n) is 3.90. The van der Waals surface area contributed by atoms with Crippen molar-refractivity contribution in [1.29, 1.82) is 0 Å². The largest absolute Gasteiger partial charge is 0.480 e. The van der Waals surface area contributed by atoms with Crippen LogP contribution in [0.25, 0.3) is 0 Å². The standard InChI is InChI=1S/C25H26N2O5S/c1-18-10-12-21(13-11-18)32-25(20-7-3-2-4-8-20)16-27(17-25)33(30,31)22-9-5-6-19(14-22)15-23(26)24(28)29/h2-14,23H,15-17,26H2,1H3,(H,28,29)/t23-/m0/s1. The van der Waals surface area contributed by atoms with Gasteiger partial charge < -0.3 is 15.6 Å². The van der Waals surface area contributed by atoms with Gasteiger partial charge in [-0.25, -0.2) is 8.42 Å². The first kappa shape index (κ1) is 23.0. The molecule has 1 aliphatic heterocycles. The highest BCUT2D eigenvalue weighted by molar-refractivity contribution is 7.89. The number of nitrogens with zero attached hydrogens (tertiary/aromatic N) is 1. The van der Waals surface area contributed by atoms with Crippen LogP contribution in [-0.4, -0.2) is 42.9 Å². The molecule has 3 aromatic carbocycles. The molecule has 33 heavy (non-hydrogen) atoms. The molecule has 3 N–H and O–H groups in total. The predicted octanol–water partition coefficient (Wildman–Crippen LogP) is 2.93. The van der Waals surface area contributed by atoms with Gasteiger partial charge in [0.25, 0.3) is 0 Å². The lowest BCUT2D eigenvalue weighted by Gasteiger charge is -2.48. The fourth-order valence-corrected chi connectivity index (χ4v) is 5.50. The number of carboxylic acids is 1. The van der Waals surface area contributed by atoms with Crippen molar-refractivity contribution in [1.82, 2.24) is 4.31 Å². The van der Waals surface area contributed by atoms with E-state index in [0.717, 1.165) is 11.1 Å². The van der Waals surface area contributed by atoms with Gasteiger partial charge in [0.15, 0.2) is 5.60 Å². The van der Waals surface area contributed by atoms with Crippen LogP contribution in [0.3, 0.4) is 0 Å². The molecule has 1 atom stereocenters. The molecule has 0 aliphatic carbocycles. The number of carbonyl (C=O) groups is 1. The maximum Gasteiger partial charge on any atom is 0.320 e. The second-order valence-corrected chi connectivity index (χ2v) is 10.3. The van der Waals surface area contributed by atoms with Crippen LogP contribution in [0.2, 0.25) is 0 Å². The van der Waals surface area contributed by atoms with Crippen molar-refractivity contribution < 1.29 is 23.1 Å². The van der Waals surface area contributed by atoms with Gasteiger partial charge in [-0.2, -0.15) is 4.31 Å². The molecule has 0 amide bonds. The van der Waals surface area contributed by atoms with Gasteiger partial charge in [0.05, 0.1) is 18.0 Å². The second kappa shape index (κ2) is 8.97. The Bertz CT molecular complexity index is 1240. The Kier molecular flexibility index (Phi) is 6.25. The zero-order chi connectivity index (χ0) is 23.6. The van der Waals surface area contributed by atoms with Gasteiger partial charge in [-0.05, 0) is 48.7 Å². The molecular weight excluding hydrogens is 440 g/mol. The number of hydrogen-bond donors (Lipinski definition) is 2. The number of aryl methyl sites for hydroxylation is 1. The number of benzene rings is 3. The number of ether oxygens (including phenoxy) is 1. The highest BCUT2D eigenvalue weighted by atomic mass is 32.2. The Morgan fingerprint density at radius 2 is 1.73 bits per heavy atom. The average molecular weight is 467 g/mol. The van der Waals surface area contributed by atoms with Gasteiger partial charge in [-0.15, -0.1) is 0 Å². The van der Waals surface area contributed by atoms with Crippen molar-refractivity contribution >= 4 is 16.0 Å². The molecule has 0 radical (unpaired) electrons. The predicted molar refractivity (Wildman–Crippen MR) is 124 cm³/mol. The summed E-state index contributed by atoms with van der Waals surface area (Å²) < 4.78 is 34.4. The average Bonchev–Trinajstić information content (AvgIpc) is 2.78. The number of sulfonamides is 1. The normalized spacial score (nSPS) is 16.5. The monoisotopic (exact) mass is 466 g/mol. The molecule has 0 unspecified atom stereocenters. The second-order valence-electron chi connectivity index (χ2n) is 8.34. The van der Waals surface area contributed by atoms with Gasteiger partial charge in [0.1, 0.15) is 11.8 Å². The molecular formula is C25H26N2O5S. The number of aliphatic carboxylic acids is 1. The molecule has 0 aromatic heterocycles. The molecule has 3 aromatic rings. The summed E-state index contributed by atoms with van der Waals surface area (Å²) in [6, 6.07) is 22.4. The molecule has 4 rings (SSSR count).